The van der Waals surface area contributed by atoms with Crippen LogP contribution < -0.4 is 10.6 Å². The van der Waals surface area contributed by atoms with E-state index in [4.69, 9.17) is 5.73 Å². The summed E-state index contributed by atoms with van der Waals surface area (Å²) in [5, 5.41) is 1.15. The maximum Gasteiger partial charge on any atom is 0.0727 e. The Labute approximate surface area is 110 Å². The minimum Gasteiger partial charge on any atom is -0.377 e. The molecule has 0 bridgehead atoms. The summed E-state index contributed by atoms with van der Waals surface area (Å²) >= 11 is 3.50. The molecule has 0 amide bonds. The zero-order valence-corrected chi connectivity index (χ0v) is 11.9. The largest absolute Gasteiger partial charge is 0.377 e. The molecule has 3 nitrogen and oxygen atoms in total. The summed E-state index contributed by atoms with van der Waals surface area (Å²) in [7, 11) is 4.09. The van der Waals surface area contributed by atoms with Crippen LogP contribution in [0.2, 0.25) is 0 Å². The Balaban J connectivity index is 2.87. The highest BCUT2D eigenvalue weighted by Crippen LogP contribution is 2.31. The molecule has 4 heteroatoms. The molecule has 2 N–H and O–H groups in total. The molecule has 1 aromatic heterocycles. The van der Waals surface area contributed by atoms with E-state index in [0.29, 0.717) is 6.54 Å². The van der Waals surface area contributed by atoms with E-state index in [1.165, 1.54) is 5.69 Å². The molecular weight excluding hydrogens is 278 g/mol. The van der Waals surface area contributed by atoms with Crippen LogP contribution in [0.3, 0.4) is 0 Å². The van der Waals surface area contributed by atoms with E-state index in [2.05, 4.69) is 38.8 Å². The molecule has 17 heavy (non-hydrogen) atoms. The van der Waals surface area contributed by atoms with Crippen LogP contribution >= 0.6 is 15.9 Å². The Hall–Kier alpha value is -1.13. The fourth-order valence-electron chi connectivity index (χ4n) is 2.14. The summed E-state index contributed by atoms with van der Waals surface area (Å²) in [4.78, 5) is 6.72. The van der Waals surface area contributed by atoms with Gasteiger partial charge in [-0.3, -0.25) is 4.98 Å². The SMILES string of the molecule is Cc1c(CN)nc2ccc(Br)cc2c1N(C)C. The van der Waals surface area contributed by atoms with E-state index in [-0.39, 0.29) is 0 Å². The normalized spacial score (nSPS) is 10.9. The van der Waals surface area contributed by atoms with Gasteiger partial charge in [0.25, 0.3) is 0 Å². The van der Waals surface area contributed by atoms with Crippen molar-refractivity contribution >= 4 is 32.5 Å². The summed E-state index contributed by atoms with van der Waals surface area (Å²) in [6.45, 7) is 2.55. The Morgan fingerprint density at radius 1 is 1.35 bits per heavy atom. The zero-order valence-electron chi connectivity index (χ0n) is 10.3. The van der Waals surface area contributed by atoms with Crippen molar-refractivity contribution < 1.29 is 0 Å². The molecule has 0 radical (unpaired) electrons. The van der Waals surface area contributed by atoms with E-state index < -0.39 is 0 Å². The van der Waals surface area contributed by atoms with Crippen LogP contribution in [-0.4, -0.2) is 19.1 Å². The lowest BCUT2D eigenvalue weighted by molar-refractivity contribution is 0.974. The average molecular weight is 294 g/mol. The van der Waals surface area contributed by atoms with Crippen LogP contribution in [0.5, 0.6) is 0 Å². The van der Waals surface area contributed by atoms with Gasteiger partial charge in [0.15, 0.2) is 0 Å². The van der Waals surface area contributed by atoms with Gasteiger partial charge in [0.1, 0.15) is 0 Å². The van der Waals surface area contributed by atoms with Crippen molar-refractivity contribution in [1.29, 1.82) is 0 Å². The lowest BCUT2D eigenvalue weighted by Gasteiger charge is -2.20. The molecule has 0 saturated heterocycles. The number of hydrogen-bond donors (Lipinski definition) is 1. The standard InChI is InChI=1S/C13H16BrN3/c1-8-12(7-15)16-11-5-4-9(14)6-10(11)13(8)17(2)3/h4-6H,7,15H2,1-3H3. The lowest BCUT2D eigenvalue weighted by atomic mass is 10.1. The second-order valence-corrected chi connectivity index (χ2v) is 5.21. The first-order chi connectivity index (χ1) is 8.04. The second-order valence-electron chi connectivity index (χ2n) is 4.29. The van der Waals surface area contributed by atoms with Crippen LogP contribution in [-0.2, 0) is 6.54 Å². The molecule has 0 aliphatic carbocycles. The molecule has 90 valence electrons. The molecule has 0 spiro atoms. The number of pyridine rings is 1. The van der Waals surface area contributed by atoms with Gasteiger partial charge in [0, 0.05) is 30.5 Å². The summed E-state index contributed by atoms with van der Waals surface area (Å²) in [5.41, 5.74) is 10.0. The number of anilines is 1. The summed E-state index contributed by atoms with van der Waals surface area (Å²) in [6, 6.07) is 6.13. The highest BCUT2D eigenvalue weighted by atomic mass is 79.9. The lowest BCUT2D eigenvalue weighted by Crippen LogP contribution is -2.14. The number of fused-ring (bicyclic) bond motifs is 1. The fourth-order valence-corrected chi connectivity index (χ4v) is 2.50. The van der Waals surface area contributed by atoms with Gasteiger partial charge in [-0.15, -0.1) is 0 Å². The molecule has 1 aromatic carbocycles. The Kier molecular flexibility index (Phi) is 3.35. The second kappa shape index (κ2) is 4.63. The van der Waals surface area contributed by atoms with Crippen LogP contribution in [0.15, 0.2) is 22.7 Å². The van der Waals surface area contributed by atoms with Crippen molar-refractivity contribution in [2.75, 3.05) is 19.0 Å². The molecule has 0 atom stereocenters. The van der Waals surface area contributed by atoms with Crippen molar-refractivity contribution in [1.82, 2.24) is 4.98 Å². The molecule has 0 fully saturated rings. The van der Waals surface area contributed by atoms with Gasteiger partial charge in [-0.2, -0.15) is 0 Å². The molecule has 2 rings (SSSR count). The van der Waals surface area contributed by atoms with E-state index >= 15 is 0 Å². The molecule has 0 unspecified atom stereocenters. The summed E-state index contributed by atoms with van der Waals surface area (Å²) in [6.07, 6.45) is 0. The van der Waals surface area contributed by atoms with Gasteiger partial charge in [-0.1, -0.05) is 15.9 Å². The van der Waals surface area contributed by atoms with Gasteiger partial charge in [-0.25, -0.2) is 0 Å². The van der Waals surface area contributed by atoms with E-state index in [0.717, 1.165) is 26.6 Å². The number of hydrogen-bond acceptors (Lipinski definition) is 3. The van der Waals surface area contributed by atoms with Gasteiger partial charge in [-0.05, 0) is 30.7 Å². The van der Waals surface area contributed by atoms with Crippen LogP contribution in [0.25, 0.3) is 10.9 Å². The Morgan fingerprint density at radius 3 is 2.65 bits per heavy atom. The maximum absolute atomic E-state index is 5.75. The monoisotopic (exact) mass is 293 g/mol. The third-order valence-corrected chi connectivity index (χ3v) is 3.39. The smallest absolute Gasteiger partial charge is 0.0727 e. The molecule has 0 aliphatic rings. The zero-order chi connectivity index (χ0) is 12.6. The topological polar surface area (TPSA) is 42.1 Å². The third-order valence-electron chi connectivity index (χ3n) is 2.90. The van der Waals surface area contributed by atoms with Gasteiger partial charge in [0.2, 0.25) is 0 Å². The quantitative estimate of drug-likeness (QED) is 0.926. The average Bonchev–Trinajstić information content (AvgIpc) is 2.27. The molecule has 0 saturated carbocycles. The highest BCUT2D eigenvalue weighted by molar-refractivity contribution is 9.10. The van der Waals surface area contributed by atoms with Crippen molar-refractivity contribution in [3.8, 4) is 0 Å². The summed E-state index contributed by atoms with van der Waals surface area (Å²) in [5.74, 6) is 0. The molecule has 0 aliphatic heterocycles. The minimum absolute atomic E-state index is 0.471. The van der Waals surface area contributed by atoms with E-state index in [1.54, 1.807) is 0 Å². The van der Waals surface area contributed by atoms with Crippen molar-refractivity contribution in [3.05, 3.63) is 33.9 Å². The third kappa shape index (κ3) is 2.15. The highest BCUT2D eigenvalue weighted by Gasteiger charge is 2.12. The fraction of sp³-hybridized carbons (Fsp3) is 0.308. The number of aromatic nitrogens is 1. The van der Waals surface area contributed by atoms with Crippen LogP contribution in [0.4, 0.5) is 5.69 Å². The van der Waals surface area contributed by atoms with Crippen molar-refractivity contribution in [3.63, 3.8) is 0 Å². The van der Waals surface area contributed by atoms with Gasteiger partial charge < -0.3 is 10.6 Å². The molecular formula is C13H16BrN3. The van der Waals surface area contributed by atoms with Gasteiger partial charge in [0.05, 0.1) is 16.9 Å². The first kappa shape index (κ1) is 12.3. The maximum atomic E-state index is 5.75. The first-order valence-electron chi connectivity index (χ1n) is 5.50. The number of nitrogens with two attached hydrogens (primary N) is 1. The van der Waals surface area contributed by atoms with Crippen LogP contribution in [0.1, 0.15) is 11.3 Å². The predicted molar refractivity (Wildman–Crippen MR) is 76.4 cm³/mol. The van der Waals surface area contributed by atoms with Crippen molar-refractivity contribution in [2.45, 2.75) is 13.5 Å². The first-order valence-corrected chi connectivity index (χ1v) is 6.30. The number of nitrogens with zero attached hydrogens (tertiary/aromatic N) is 2. The Morgan fingerprint density at radius 2 is 2.06 bits per heavy atom. The molecule has 2 aromatic rings. The van der Waals surface area contributed by atoms with E-state index in [1.807, 2.05) is 26.2 Å². The van der Waals surface area contributed by atoms with Gasteiger partial charge >= 0.3 is 0 Å². The van der Waals surface area contributed by atoms with Crippen molar-refractivity contribution in [2.24, 2.45) is 5.73 Å². The number of rotatable bonds is 2. The van der Waals surface area contributed by atoms with E-state index in [9.17, 15) is 0 Å². The molecule has 1 heterocycles. The minimum atomic E-state index is 0.471. The van der Waals surface area contributed by atoms with Crippen LogP contribution in [0, 0.1) is 6.92 Å². The number of halogens is 1. The Bertz CT molecular complexity index is 564. The summed E-state index contributed by atoms with van der Waals surface area (Å²) < 4.78 is 1.06. The number of benzene rings is 1. The predicted octanol–water partition coefficient (Wildman–Crippen LogP) is 2.83.